The van der Waals surface area contributed by atoms with E-state index in [0.717, 1.165) is 56.9 Å². The first-order valence-corrected chi connectivity index (χ1v) is 7.97. The Bertz CT molecular complexity index is 437. The van der Waals surface area contributed by atoms with E-state index in [9.17, 15) is 4.39 Å². The van der Waals surface area contributed by atoms with Gasteiger partial charge in [-0.3, -0.25) is 0 Å². The van der Waals surface area contributed by atoms with Crippen LogP contribution in [0.3, 0.4) is 0 Å². The molecule has 1 aliphatic rings. The van der Waals surface area contributed by atoms with Gasteiger partial charge in [-0.05, 0) is 49.4 Å². The predicted molar refractivity (Wildman–Crippen MR) is 85.2 cm³/mol. The smallest absolute Gasteiger partial charge is 0.146 e. The SMILES string of the molecule is CCCNCc1ccc(N2CCCC(COC)C2)c(F)c1. The Kier molecular flexibility index (Phi) is 6.46. The molecule has 118 valence electrons. The summed E-state index contributed by atoms with van der Waals surface area (Å²) in [7, 11) is 1.73. The zero-order valence-corrected chi connectivity index (χ0v) is 13.2. The Balaban J connectivity index is 1.99. The summed E-state index contributed by atoms with van der Waals surface area (Å²) in [4.78, 5) is 2.16. The van der Waals surface area contributed by atoms with E-state index < -0.39 is 0 Å². The number of nitrogens with zero attached hydrogens (tertiary/aromatic N) is 1. The van der Waals surface area contributed by atoms with E-state index in [1.807, 2.05) is 12.1 Å². The normalized spacial score (nSPS) is 19.0. The van der Waals surface area contributed by atoms with Gasteiger partial charge < -0.3 is 15.0 Å². The molecule has 21 heavy (non-hydrogen) atoms. The Morgan fingerprint density at radius 3 is 3.00 bits per heavy atom. The van der Waals surface area contributed by atoms with Crippen LogP contribution in [0.1, 0.15) is 31.7 Å². The highest BCUT2D eigenvalue weighted by atomic mass is 19.1. The molecule has 0 radical (unpaired) electrons. The van der Waals surface area contributed by atoms with E-state index in [0.29, 0.717) is 5.92 Å². The van der Waals surface area contributed by atoms with Gasteiger partial charge >= 0.3 is 0 Å². The van der Waals surface area contributed by atoms with Crippen LogP contribution in [0.25, 0.3) is 0 Å². The molecule has 1 unspecified atom stereocenters. The van der Waals surface area contributed by atoms with Crippen molar-refractivity contribution in [3.63, 3.8) is 0 Å². The molecule has 2 rings (SSSR count). The average molecular weight is 294 g/mol. The number of hydrogen-bond acceptors (Lipinski definition) is 3. The topological polar surface area (TPSA) is 24.5 Å². The lowest BCUT2D eigenvalue weighted by molar-refractivity contribution is 0.143. The summed E-state index contributed by atoms with van der Waals surface area (Å²) in [5.41, 5.74) is 1.74. The minimum Gasteiger partial charge on any atom is -0.384 e. The molecule has 1 atom stereocenters. The fourth-order valence-electron chi connectivity index (χ4n) is 2.98. The lowest BCUT2D eigenvalue weighted by Gasteiger charge is -2.34. The maximum Gasteiger partial charge on any atom is 0.146 e. The maximum atomic E-state index is 14.4. The van der Waals surface area contributed by atoms with Gasteiger partial charge in [0, 0.05) is 26.7 Å². The first-order chi connectivity index (χ1) is 10.2. The molecule has 0 aliphatic carbocycles. The van der Waals surface area contributed by atoms with Gasteiger partial charge in [0.2, 0.25) is 0 Å². The van der Waals surface area contributed by atoms with Crippen molar-refractivity contribution in [1.82, 2.24) is 5.32 Å². The Morgan fingerprint density at radius 2 is 2.29 bits per heavy atom. The highest BCUT2D eigenvalue weighted by Crippen LogP contribution is 2.26. The molecule has 0 amide bonds. The first-order valence-electron chi connectivity index (χ1n) is 7.97. The van der Waals surface area contributed by atoms with Gasteiger partial charge in [-0.1, -0.05) is 13.0 Å². The lowest BCUT2D eigenvalue weighted by atomic mass is 9.98. The molecule has 0 spiro atoms. The summed E-state index contributed by atoms with van der Waals surface area (Å²) >= 11 is 0. The molecular weight excluding hydrogens is 267 g/mol. The van der Waals surface area contributed by atoms with E-state index in [1.165, 1.54) is 6.42 Å². The van der Waals surface area contributed by atoms with Gasteiger partial charge in [0.1, 0.15) is 5.82 Å². The number of methoxy groups -OCH3 is 1. The minimum atomic E-state index is -0.108. The van der Waals surface area contributed by atoms with Gasteiger partial charge in [0.25, 0.3) is 0 Å². The summed E-state index contributed by atoms with van der Waals surface area (Å²) in [6, 6.07) is 5.62. The zero-order chi connectivity index (χ0) is 15.1. The molecule has 0 aromatic heterocycles. The number of piperidine rings is 1. The molecular formula is C17H27FN2O. The summed E-state index contributed by atoms with van der Waals surface area (Å²) in [6.07, 6.45) is 3.37. The monoisotopic (exact) mass is 294 g/mol. The molecule has 1 N–H and O–H groups in total. The van der Waals surface area contributed by atoms with Crippen LogP contribution in [0.5, 0.6) is 0 Å². The predicted octanol–water partition coefficient (Wildman–Crippen LogP) is 3.19. The van der Waals surface area contributed by atoms with Gasteiger partial charge in [0.05, 0.1) is 12.3 Å². The highest BCUT2D eigenvalue weighted by molar-refractivity contribution is 5.49. The van der Waals surface area contributed by atoms with Crippen LogP contribution < -0.4 is 10.2 Å². The van der Waals surface area contributed by atoms with E-state index >= 15 is 0 Å². The number of benzene rings is 1. The molecule has 0 bridgehead atoms. The van der Waals surface area contributed by atoms with Gasteiger partial charge in [-0.15, -0.1) is 0 Å². The molecule has 1 heterocycles. The van der Waals surface area contributed by atoms with Crippen molar-refractivity contribution in [3.8, 4) is 0 Å². The quantitative estimate of drug-likeness (QED) is 0.782. The van der Waals surface area contributed by atoms with Crippen LogP contribution in [0, 0.1) is 11.7 Å². The number of anilines is 1. The van der Waals surface area contributed by atoms with Gasteiger partial charge in [-0.25, -0.2) is 4.39 Å². The van der Waals surface area contributed by atoms with Crippen molar-refractivity contribution >= 4 is 5.69 Å². The standard InChI is InChI=1S/C17H27FN2O/c1-3-8-19-11-14-6-7-17(16(18)10-14)20-9-4-5-15(12-20)13-21-2/h6-7,10,15,19H,3-5,8-9,11-13H2,1-2H3. The third-order valence-corrected chi connectivity index (χ3v) is 4.03. The second-order valence-corrected chi connectivity index (χ2v) is 5.87. The van der Waals surface area contributed by atoms with Crippen molar-refractivity contribution in [2.24, 2.45) is 5.92 Å². The fourth-order valence-corrected chi connectivity index (χ4v) is 2.98. The van der Waals surface area contributed by atoms with E-state index in [1.54, 1.807) is 13.2 Å². The number of ether oxygens (including phenoxy) is 1. The molecule has 1 fully saturated rings. The fraction of sp³-hybridized carbons (Fsp3) is 0.647. The average Bonchev–Trinajstić information content (AvgIpc) is 2.48. The van der Waals surface area contributed by atoms with Gasteiger partial charge in [0.15, 0.2) is 0 Å². The summed E-state index contributed by atoms with van der Waals surface area (Å²) in [6.45, 7) is 6.41. The van der Waals surface area contributed by atoms with E-state index in [-0.39, 0.29) is 5.82 Å². The minimum absolute atomic E-state index is 0.108. The van der Waals surface area contributed by atoms with E-state index in [2.05, 4.69) is 17.1 Å². The molecule has 0 saturated carbocycles. The number of rotatable bonds is 7. The summed E-state index contributed by atoms with van der Waals surface area (Å²) < 4.78 is 19.6. The second kappa shape index (κ2) is 8.35. The van der Waals surface area contributed by atoms with Crippen LogP contribution >= 0.6 is 0 Å². The van der Waals surface area contributed by atoms with Crippen LogP contribution in [0.15, 0.2) is 18.2 Å². The van der Waals surface area contributed by atoms with Crippen LogP contribution in [-0.4, -0.2) is 33.4 Å². The highest BCUT2D eigenvalue weighted by Gasteiger charge is 2.22. The molecule has 1 aromatic rings. The number of nitrogens with one attached hydrogen (secondary N) is 1. The Morgan fingerprint density at radius 1 is 1.43 bits per heavy atom. The summed E-state index contributed by atoms with van der Waals surface area (Å²) in [5.74, 6) is 0.401. The largest absolute Gasteiger partial charge is 0.384 e. The summed E-state index contributed by atoms with van der Waals surface area (Å²) in [5, 5.41) is 3.30. The molecule has 1 aliphatic heterocycles. The number of halogens is 1. The van der Waals surface area contributed by atoms with Crippen molar-refractivity contribution in [2.45, 2.75) is 32.7 Å². The Hall–Kier alpha value is -1.13. The first kappa shape index (κ1) is 16.2. The lowest BCUT2D eigenvalue weighted by Crippen LogP contribution is -2.37. The molecule has 1 aromatic carbocycles. The molecule has 4 heteroatoms. The van der Waals surface area contributed by atoms with Gasteiger partial charge in [-0.2, -0.15) is 0 Å². The van der Waals surface area contributed by atoms with E-state index in [4.69, 9.17) is 4.74 Å². The van der Waals surface area contributed by atoms with Crippen LogP contribution in [0.4, 0.5) is 10.1 Å². The second-order valence-electron chi connectivity index (χ2n) is 5.87. The van der Waals surface area contributed by atoms with Crippen molar-refractivity contribution < 1.29 is 9.13 Å². The van der Waals surface area contributed by atoms with Crippen molar-refractivity contribution in [3.05, 3.63) is 29.6 Å². The third kappa shape index (κ3) is 4.68. The molecule has 3 nitrogen and oxygen atoms in total. The number of hydrogen-bond donors (Lipinski definition) is 1. The molecule has 1 saturated heterocycles. The van der Waals surface area contributed by atoms with Crippen LogP contribution in [-0.2, 0) is 11.3 Å². The maximum absolute atomic E-state index is 14.4. The van der Waals surface area contributed by atoms with Crippen molar-refractivity contribution in [1.29, 1.82) is 0 Å². The van der Waals surface area contributed by atoms with Crippen molar-refractivity contribution in [2.75, 3.05) is 38.3 Å². The van der Waals surface area contributed by atoms with Crippen LogP contribution in [0.2, 0.25) is 0 Å². The Labute approximate surface area is 127 Å². The zero-order valence-electron chi connectivity index (χ0n) is 13.2. The third-order valence-electron chi connectivity index (χ3n) is 4.03.